The van der Waals surface area contributed by atoms with Gasteiger partial charge in [0.1, 0.15) is 5.71 Å². The first-order valence-electron chi connectivity index (χ1n) is 10.1. The molecule has 3 aromatic carbocycles. The molecule has 1 aliphatic heterocycles. The fourth-order valence-corrected chi connectivity index (χ4v) is 3.41. The standard InChI is InChI=1S/C25H25N5/c1-17-14-22-19(3)16-26-24(23(22)15-18(17)2)25(29-27-20-10-6-4-7-11-20)30-28-21-12-8-5-9-13-21/h4-15,19,27H,16H2,1-3H3/t19-/m1/s1. The number of nitrogens with zero attached hydrogens (tertiary/aromatic N) is 4. The summed E-state index contributed by atoms with van der Waals surface area (Å²) in [6, 6.07) is 23.9. The largest absolute Gasteiger partial charge is 0.280 e. The van der Waals surface area contributed by atoms with E-state index in [2.05, 4.69) is 53.7 Å². The summed E-state index contributed by atoms with van der Waals surface area (Å²) in [4.78, 5) is 4.84. The Bertz CT molecular complexity index is 1120. The molecule has 0 aromatic heterocycles. The molecular formula is C25H25N5. The van der Waals surface area contributed by atoms with E-state index in [1.807, 2.05) is 60.7 Å². The average Bonchev–Trinajstić information content (AvgIpc) is 2.77. The summed E-state index contributed by atoms with van der Waals surface area (Å²) in [5.41, 5.74) is 10.4. The Kier molecular flexibility index (Phi) is 5.80. The van der Waals surface area contributed by atoms with Crippen molar-refractivity contribution < 1.29 is 0 Å². The number of rotatable bonds is 4. The van der Waals surface area contributed by atoms with E-state index in [0.29, 0.717) is 18.3 Å². The molecule has 1 heterocycles. The number of hydrogen-bond acceptors (Lipinski definition) is 4. The van der Waals surface area contributed by atoms with Crippen LogP contribution in [0.15, 0.2) is 93.1 Å². The summed E-state index contributed by atoms with van der Waals surface area (Å²) >= 11 is 0. The lowest BCUT2D eigenvalue weighted by atomic mass is 9.87. The summed E-state index contributed by atoms with van der Waals surface area (Å²) in [6.45, 7) is 7.18. The van der Waals surface area contributed by atoms with Crippen molar-refractivity contribution in [3.63, 3.8) is 0 Å². The highest BCUT2D eigenvalue weighted by atomic mass is 15.3. The van der Waals surface area contributed by atoms with E-state index in [0.717, 1.165) is 22.6 Å². The van der Waals surface area contributed by atoms with E-state index in [9.17, 15) is 0 Å². The van der Waals surface area contributed by atoms with Crippen LogP contribution in [-0.2, 0) is 0 Å². The maximum atomic E-state index is 4.84. The third-order valence-corrected chi connectivity index (χ3v) is 5.27. The lowest BCUT2D eigenvalue weighted by molar-refractivity contribution is 0.760. The van der Waals surface area contributed by atoms with Gasteiger partial charge in [0, 0.05) is 18.0 Å². The van der Waals surface area contributed by atoms with Crippen LogP contribution in [0.25, 0.3) is 0 Å². The van der Waals surface area contributed by atoms with Crippen LogP contribution in [0.2, 0.25) is 0 Å². The summed E-state index contributed by atoms with van der Waals surface area (Å²) in [5, 5.41) is 13.5. The van der Waals surface area contributed by atoms with Crippen LogP contribution >= 0.6 is 0 Å². The lowest BCUT2D eigenvalue weighted by Gasteiger charge is -2.23. The van der Waals surface area contributed by atoms with Crippen LogP contribution in [0.4, 0.5) is 11.4 Å². The molecule has 1 atom stereocenters. The molecule has 3 aromatic rings. The molecule has 0 radical (unpaired) electrons. The Hall–Kier alpha value is -3.60. The molecule has 0 spiro atoms. The van der Waals surface area contributed by atoms with Gasteiger partial charge in [0.05, 0.1) is 11.4 Å². The van der Waals surface area contributed by atoms with Gasteiger partial charge in [0.2, 0.25) is 5.84 Å². The monoisotopic (exact) mass is 395 g/mol. The highest BCUT2D eigenvalue weighted by Gasteiger charge is 2.24. The zero-order chi connectivity index (χ0) is 20.9. The third kappa shape index (κ3) is 4.35. The van der Waals surface area contributed by atoms with Crippen molar-refractivity contribution in [2.24, 2.45) is 20.3 Å². The van der Waals surface area contributed by atoms with Gasteiger partial charge in [-0.05, 0) is 60.9 Å². The fraction of sp³-hybridized carbons (Fsp3) is 0.200. The molecule has 150 valence electrons. The molecule has 0 bridgehead atoms. The average molecular weight is 396 g/mol. The van der Waals surface area contributed by atoms with Crippen LogP contribution in [0.1, 0.15) is 35.1 Å². The van der Waals surface area contributed by atoms with Crippen LogP contribution in [0, 0.1) is 13.8 Å². The van der Waals surface area contributed by atoms with Gasteiger partial charge < -0.3 is 0 Å². The van der Waals surface area contributed by atoms with Crippen LogP contribution in [-0.4, -0.2) is 18.1 Å². The van der Waals surface area contributed by atoms with Gasteiger partial charge in [0.25, 0.3) is 0 Å². The molecule has 5 heteroatoms. The molecule has 5 nitrogen and oxygen atoms in total. The first-order chi connectivity index (χ1) is 14.6. The molecule has 0 saturated heterocycles. The molecule has 0 aliphatic carbocycles. The van der Waals surface area contributed by atoms with Gasteiger partial charge in [0.15, 0.2) is 0 Å². The van der Waals surface area contributed by atoms with E-state index in [1.54, 1.807) is 0 Å². The van der Waals surface area contributed by atoms with E-state index in [1.165, 1.54) is 16.7 Å². The van der Waals surface area contributed by atoms with Crippen molar-refractivity contribution in [3.05, 3.63) is 95.1 Å². The normalized spacial score (nSPS) is 16.3. The number of aryl methyl sites for hydroxylation is 2. The summed E-state index contributed by atoms with van der Waals surface area (Å²) in [7, 11) is 0. The second-order valence-electron chi connectivity index (χ2n) is 7.56. The molecule has 0 amide bonds. The summed E-state index contributed by atoms with van der Waals surface area (Å²) in [5.74, 6) is 0.830. The van der Waals surface area contributed by atoms with Gasteiger partial charge in [-0.15, -0.1) is 10.2 Å². The summed E-state index contributed by atoms with van der Waals surface area (Å²) in [6.07, 6.45) is 0. The van der Waals surface area contributed by atoms with Crippen molar-refractivity contribution in [2.45, 2.75) is 26.7 Å². The Labute approximate surface area is 177 Å². The Morgan fingerprint density at radius 3 is 2.33 bits per heavy atom. The van der Waals surface area contributed by atoms with Crippen LogP contribution in [0.5, 0.6) is 0 Å². The second-order valence-corrected chi connectivity index (χ2v) is 7.56. The topological polar surface area (TPSA) is 61.5 Å². The van der Waals surface area contributed by atoms with Crippen molar-refractivity contribution in [2.75, 3.05) is 12.0 Å². The number of azo groups is 1. The molecule has 0 unspecified atom stereocenters. The molecular weight excluding hydrogens is 370 g/mol. The van der Waals surface area contributed by atoms with Gasteiger partial charge in [-0.3, -0.25) is 10.4 Å². The van der Waals surface area contributed by atoms with Gasteiger partial charge in [-0.1, -0.05) is 49.4 Å². The van der Waals surface area contributed by atoms with E-state index in [4.69, 9.17) is 4.99 Å². The molecule has 4 rings (SSSR count). The smallest absolute Gasteiger partial charge is 0.219 e. The molecule has 30 heavy (non-hydrogen) atoms. The number of hydrogen-bond donors (Lipinski definition) is 1. The minimum Gasteiger partial charge on any atom is -0.280 e. The van der Waals surface area contributed by atoms with Gasteiger partial charge in [-0.2, -0.15) is 5.10 Å². The number of hydrazone groups is 1. The van der Waals surface area contributed by atoms with E-state index in [-0.39, 0.29) is 0 Å². The molecule has 0 saturated carbocycles. The number of amidine groups is 1. The minimum atomic E-state index is 0.359. The zero-order valence-electron chi connectivity index (χ0n) is 17.5. The van der Waals surface area contributed by atoms with E-state index >= 15 is 0 Å². The second kappa shape index (κ2) is 8.82. The third-order valence-electron chi connectivity index (χ3n) is 5.27. The number of para-hydroxylation sites is 1. The highest BCUT2D eigenvalue weighted by molar-refractivity contribution is 6.48. The Morgan fingerprint density at radius 1 is 0.933 bits per heavy atom. The number of nitrogens with one attached hydrogen (secondary N) is 1. The van der Waals surface area contributed by atoms with Crippen molar-refractivity contribution in [3.8, 4) is 0 Å². The van der Waals surface area contributed by atoms with Gasteiger partial charge >= 0.3 is 0 Å². The zero-order valence-corrected chi connectivity index (χ0v) is 17.5. The van der Waals surface area contributed by atoms with Crippen molar-refractivity contribution >= 4 is 22.9 Å². The van der Waals surface area contributed by atoms with Gasteiger partial charge in [-0.25, -0.2) is 0 Å². The number of aliphatic imine (C=N–C) groups is 1. The van der Waals surface area contributed by atoms with E-state index < -0.39 is 0 Å². The first-order valence-corrected chi connectivity index (χ1v) is 10.1. The van der Waals surface area contributed by atoms with Crippen molar-refractivity contribution in [1.82, 2.24) is 0 Å². The predicted octanol–water partition coefficient (Wildman–Crippen LogP) is 6.42. The first kappa shape index (κ1) is 19.7. The van der Waals surface area contributed by atoms with Crippen LogP contribution in [0.3, 0.4) is 0 Å². The minimum absolute atomic E-state index is 0.359. The Balaban J connectivity index is 1.76. The SMILES string of the molecule is Cc1cc2c(cc1C)[C@H](C)CN=C2C(N=Nc1ccccc1)=NNc1ccccc1. The number of benzene rings is 3. The number of fused-ring (bicyclic) bond motifs is 1. The van der Waals surface area contributed by atoms with Crippen molar-refractivity contribution in [1.29, 1.82) is 0 Å². The lowest BCUT2D eigenvalue weighted by Crippen LogP contribution is -2.23. The molecule has 0 fully saturated rings. The fourth-order valence-electron chi connectivity index (χ4n) is 3.41. The maximum Gasteiger partial charge on any atom is 0.219 e. The van der Waals surface area contributed by atoms with Crippen LogP contribution < -0.4 is 5.43 Å². The maximum absolute atomic E-state index is 4.84. The summed E-state index contributed by atoms with van der Waals surface area (Å²) < 4.78 is 0. The number of anilines is 1. The quantitative estimate of drug-likeness (QED) is 0.236. The molecule has 1 aliphatic rings. The highest BCUT2D eigenvalue weighted by Crippen LogP contribution is 2.29. The Morgan fingerprint density at radius 2 is 1.60 bits per heavy atom. The predicted molar refractivity (Wildman–Crippen MR) is 124 cm³/mol. The molecule has 1 N–H and O–H groups in total.